The van der Waals surface area contributed by atoms with Crippen molar-refractivity contribution in [2.75, 3.05) is 19.8 Å². The number of rotatable bonds is 11. The largest absolute Gasteiger partial charge is 0.491 e. The van der Waals surface area contributed by atoms with E-state index in [0.29, 0.717) is 18.9 Å². The first-order valence-corrected chi connectivity index (χ1v) is 14.0. The molecule has 4 rings (SSSR count). The summed E-state index contributed by atoms with van der Waals surface area (Å²) in [5.41, 5.74) is 3.76. The smallest absolute Gasteiger partial charge is 0.220 e. The quantitative estimate of drug-likeness (QED) is 0.292. The van der Waals surface area contributed by atoms with Crippen molar-refractivity contribution < 1.29 is 14.3 Å². The van der Waals surface area contributed by atoms with Gasteiger partial charge in [-0.05, 0) is 72.8 Å². The van der Waals surface area contributed by atoms with Crippen LogP contribution in [0.15, 0.2) is 84.9 Å². The monoisotopic (exact) mass is 513 g/mol. The standard InChI is InChI=1S/C34H43NO3/c1-25(2)38-29-17-15-28(16-18-29)30(26-11-7-5-8-12-26)19-21-35-33(36)23-31(27-13-9-6-10-14-27)32-20-22-37-24-34(32,3)4/h5-18,25,30-32H,19-24H2,1-4H3,(H,35,36)/t30-,31+,32+/m1/s1. The van der Waals surface area contributed by atoms with Crippen LogP contribution in [0, 0.1) is 11.3 Å². The highest BCUT2D eigenvalue weighted by atomic mass is 16.5. The Morgan fingerprint density at radius 3 is 2.13 bits per heavy atom. The molecule has 0 saturated carbocycles. The van der Waals surface area contributed by atoms with Crippen molar-refractivity contribution in [3.63, 3.8) is 0 Å². The van der Waals surface area contributed by atoms with Crippen LogP contribution in [0.2, 0.25) is 0 Å². The number of ether oxygens (including phenoxy) is 2. The molecule has 1 heterocycles. The lowest BCUT2D eigenvalue weighted by molar-refractivity contribution is -0.122. The zero-order chi connectivity index (χ0) is 27.0. The maximum absolute atomic E-state index is 13.3. The van der Waals surface area contributed by atoms with Crippen LogP contribution in [0.3, 0.4) is 0 Å². The maximum Gasteiger partial charge on any atom is 0.220 e. The molecule has 0 spiro atoms. The second-order valence-corrected chi connectivity index (χ2v) is 11.5. The molecule has 38 heavy (non-hydrogen) atoms. The van der Waals surface area contributed by atoms with Gasteiger partial charge in [-0.3, -0.25) is 4.79 Å². The van der Waals surface area contributed by atoms with E-state index >= 15 is 0 Å². The Kier molecular flexibility index (Phi) is 9.63. The Morgan fingerprint density at radius 1 is 0.921 bits per heavy atom. The number of hydrogen-bond donors (Lipinski definition) is 1. The highest BCUT2D eigenvalue weighted by molar-refractivity contribution is 5.77. The molecule has 0 aromatic heterocycles. The molecule has 3 aromatic rings. The first-order valence-electron chi connectivity index (χ1n) is 14.0. The predicted molar refractivity (Wildman–Crippen MR) is 155 cm³/mol. The van der Waals surface area contributed by atoms with Gasteiger partial charge in [0.25, 0.3) is 0 Å². The summed E-state index contributed by atoms with van der Waals surface area (Å²) in [6, 6.07) is 29.5. The van der Waals surface area contributed by atoms with Gasteiger partial charge in [-0.25, -0.2) is 0 Å². The highest BCUT2D eigenvalue weighted by Crippen LogP contribution is 2.44. The molecule has 0 bridgehead atoms. The van der Waals surface area contributed by atoms with Crippen molar-refractivity contribution in [3.8, 4) is 5.75 Å². The zero-order valence-electron chi connectivity index (χ0n) is 23.4. The van der Waals surface area contributed by atoms with Gasteiger partial charge in [-0.1, -0.05) is 86.6 Å². The van der Waals surface area contributed by atoms with E-state index in [2.05, 4.69) is 79.8 Å². The molecule has 1 saturated heterocycles. The van der Waals surface area contributed by atoms with Gasteiger partial charge in [0.05, 0.1) is 12.7 Å². The fourth-order valence-corrected chi connectivity index (χ4v) is 5.87. The Hall–Kier alpha value is -3.11. The number of hydrogen-bond acceptors (Lipinski definition) is 3. The minimum Gasteiger partial charge on any atom is -0.491 e. The van der Waals surface area contributed by atoms with Gasteiger partial charge in [0, 0.05) is 25.5 Å². The Balaban J connectivity index is 1.44. The summed E-state index contributed by atoms with van der Waals surface area (Å²) in [6.07, 6.45) is 2.45. The van der Waals surface area contributed by atoms with Crippen molar-refractivity contribution in [1.82, 2.24) is 5.32 Å². The summed E-state index contributed by atoms with van der Waals surface area (Å²) in [7, 11) is 0. The molecule has 1 fully saturated rings. The third-order valence-electron chi connectivity index (χ3n) is 7.78. The van der Waals surface area contributed by atoms with Crippen LogP contribution >= 0.6 is 0 Å². The number of carbonyl (C=O) groups excluding carboxylic acids is 1. The van der Waals surface area contributed by atoms with Gasteiger partial charge in [-0.2, -0.15) is 0 Å². The molecule has 202 valence electrons. The molecule has 4 heteroatoms. The topological polar surface area (TPSA) is 47.6 Å². The summed E-state index contributed by atoms with van der Waals surface area (Å²) in [5.74, 6) is 1.77. The minimum atomic E-state index is 0.0306. The van der Waals surface area contributed by atoms with Crippen LogP contribution in [0.1, 0.15) is 75.5 Å². The molecular formula is C34H43NO3. The van der Waals surface area contributed by atoms with Crippen molar-refractivity contribution in [3.05, 3.63) is 102 Å². The zero-order valence-corrected chi connectivity index (χ0v) is 23.4. The van der Waals surface area contributed by atoms with E-state index in [1.807, 2.05) is 38.1 Å². The van der Waals surface area contributed by atoms with E-state index in [1.54, 1.807) is 0 Å². The van der Waals surface area contributed by atoms with Crippen LogP contribution in [0.5, 0.6) is 5.75 Å². The van der Waals surface area contributed by atoms with Crippen molar-refractivity contribution in [1.29, 1.82) is 0 Å². The SMILES string of the molecule is CC(C)Oc1ccc([C@H](CCNC(=O)C[C@@H](c2ccccc2)[C@@H]2CCOCC2(C)C)c2ccccc2)cc1. The molecule has 4 nitrogen and oxygen atoms in total. The van der Waals surface area contributed by atoms with Crippen LogP contribution in [0.4, 0.5) is 0 Å². The average molecular weight is 514 g/mol. The number of carbonyl (C=O) groups is 1. The van der Waals surface area contributed by atoms with Crippen molar-refractivity contribution in [2.45, 2.75) is 64.9 Å². The van der Waals surface area contributed by atoms with Crippen LogP contribution < -0.4 is 10.1 Å². The average Bonchev–Trinajstić information content (AvgIpc) is 2.91. The molecule has 0 unspecified atom stereocenters. The summed E-state index contributed by atoms with van der Waals surface area (Å²) < 4.78 is 11.6. The third kappa shape index (κ3) is 7.48. The number of amides is 1. The third-order valence-corrected chi connectivity index (χ3v) is 7.78. The minimum absolute atomic E-state index is 0.0306. The lowest BCUT2D eigenvalue weighted by Gasteiger charge is -2.43. The molecule has 0 radical (unpaired) electrons. The van der Waals surface area contributed by atoms with Crippen LogP contribution in [-0.4, -0.2) is 31.8 Å². The summed E-state index contributed by atoms with van der Waals surface area (Å²) in [4.78, 5) is 13.3. The van der Waals surface area contributed by atoms with E-state index in [-0.39, 0.29) is 29.3 Å². The van der Waals surface area contributed by atoms with Gasteiger partial charge >= 0.3 is 0 Å². The summed E-state index contributed by atoms with van der Waals surface area (Å²) >= 11 is 0. The highest BCUT2D eigenvalue weighted by Gasteiger charge is 2.39. The molecule has 1 N–H and O–H groups in total. The Morgan fingerprint density at radius 2 is 1.53 bits per heavy atom. The van der Waals surface area contributed by atoms with E-state index in [4.69, 9.17) is 9.47 Å². The van der Waals surface area contributed by atoms with Gasteiger partial charge in [0.15, 0.2) is 0 Å². The second-order valence-electron chi connectivity index (χ2n) is 11.5. The first kappa shape index (κ1) is 27.9. The molecule has 1 aliphatic heterocycles. The second kappa shape index (κ2) is 13.1. The molecule has 1 amide bonds. The summed E-state index contributed by atoms with van der Waals surface area (Å²) in [5, 5.41) is 3.26. The molecule has 3 atom stereocenters. The Bertz CT molecular complexity index is 1130. The fourth-order valence-electron chi connectivity index (χ4n) is 5.87. The van der Waals surface area contributed by atoms with E-state index in [9.17, 15) is 4.79 Å². The predicted octanol–water partition coefficient (Wildman–Crippen LogP) is 7.35. The fraction of sp³-hybridized carbons (Fsp3) is 0.441. The first-order chi connectivity index (χ1) is 18.3. The molecule has 3 aromatic carbocycles. The molecule has 1 aliphatic rings. The van der Waals surface area contributed by atoms with E-state index in [1.165, 1.54) is 16.7 Å². The van der Waals surface area contributed by atoms with Gasteiger partial charge in [0.2, 0.25) is 5.91 Å². The lowest BCUT2D eigenvalue weighted by Crippen LogP contribution is -2.40. The van der Waals surface area contributed by atoms with Crippen LogP contribution in [-0.2, 0) is 9.53 Å². The van der Waals surface area contributed by atoms with Gasteiger partial charge < -0.3 is 14.8 Å². The summed E-state index contributed by atoms with van der Waals surface area (Å²) in [6.45, 7) is 10.7. The lowest BCUT2D eigenvalue weighted by atomic mass is 9.66. The number of nitrogens with one attached hydrogen (secondary N) is 1. The Labute approximate surface area is 228 Å². The molecular weight excluding hydrogens is 470 g/mol. The van der Waals surface area contributed by atoms with E-state index < -0.39 is 0 Å². The molecule has 0 aliphatic carbocycles. The maximum atomic E-state index is 13.3. The van der Waals surface area contributed by atoms with Gasteiger partial charge in [0.1, 0.15) is 5.75 Å². The van der Waals surface area contributed by atoms with Gasteiger partial charge in [-0.15, -0.1) is 0 Å². The number of benzene rings is 3. The van der Waals surface area contributed by atoms with Crippen LogP contribution in [0.25, 0.3) is 0 Å². The van der Waals surface area contributed by atoms with Crippen molar-refractivity contribution in [2.24, 2.45) is 11.3 Å². The van der Waals surface area contributed by atoms with E-state index in [0.717, 1.165) is 31.8 Å². The normalized spacial score (nSPS) is 18.5. The van der Waals surface area contributed by atoms with Crippen molar-refractivity contribution >= 4 is 5.91 Å².